The van der Waals surface area contributed by atoms with Crippen LogP contribution < -0.4 is 4.74 Å². The fourth-order valence-electron chi connectivity index (χ4n) is 9.50. The Morgan fingerprint density at radius 1 is 0.651 bits per heavy atom. The fourth-order valence-corrected chi connectivity index (χ4v) is 10.6. The van der Waals surface area contributed by atoms with E-state index in [1.807, 2.05) is 29.5 Å². The first kappa shape index (κ1) is 36.9. The van der Waals surface area contributed by atoms with Gasteiger partial charge in [0.2, 0.25) is 0 Å². The Labute approximate surface area is 368 Å². The topological polar surface area (TPSA) is 52.8 Å². The third kappa shape index (κ3) is 6.02. The molecule has 0 saturated heterocycles. The van der Waals surface area contributed by atoms with E-state index in [4.69, 9.17) is 19.7 Å². The van der Waals surface area contributed by atoms with E-state index < -0.39 is 0 Å². The summed E-state index contributed by atoms with van der Waals surface area (Å²) in [7, 11) is 0. The van der Waals surface area contributed by atoms with Crippen LogP contribution in [0.4, 0.5) is 0 Å². The monoisotopic (exact) mass is 826 g/mol. The van der Waals surface area contributed by atoms with Crippen LogP contribution >= 0.6 is 11.3 Å². The number of aromatic nitrogens is 4. The Morgan fingerprint density at radius 2 is 1.33 bits per heavy atom. The van der Waals surface area contributed by atoms with Crippen LogP contribution in [0.3, 0.4) is 0 Å². The van der Waals surface area contributed by atoms with E-state index in [0.29, 0.717) is 17.5 Å². The SMILES string of the molecule is C=C/C=C(\C=C)c1nc(C2=CCC3C(=C2)Oc2ccccc23)nc(-c2cc(-c3ccccc3)c(-n3c4ccccc4c4ccc5sc6ccccc6c5c43)c(-c3ccccc3)c2)n1. The molecule has 0 fully saturated rings. The van der Waals surface area contributed by atoms with E-state index in [0.717, 1.165) is 68.1 Å². The molecule has 1 aliphatic carbocycles. The second-order valence-corrected chi connectivity index (χ2v) is 17.0. The van der Waals surface area contributed by atoms with Gasteiger partial charge in [-0.2, -0.15) is 0 Å². The molecule has 0 bridgehead atoms. The van der Waals surface area contributed by atoms with Crippen LogP contribution in [0.25, 0.3) is 92.5 Å². The van der Waals surface area contributed by atoms with Gasteiger partial charge in [0.15, 0.2) is 17.5 Å². The minimum atomic E-state index is 0.165. The average molecular weight is 827 g/mol. The van der Waals surface area contributed by atoms with Crippen molar-refractivity contribution in [2.24, 2.45) is 0 Å². The Morgan fingerprint density at radius 3 is 2.10 bits per heavy atom. The molecular weight excluding hydrogens is 789 g/mol. The number of nitrogens with zero attached hydrogens (tertiary/aromatic N) is 4. The highest BCUT2D eigenvalue weighted by molar-refractivity contribution is 7.26. The minimum Gasteiger partial charge on any atom is -0.461 e. The first-order valence-corrected chi connectivity index (χ1v) is 22.0. The van der Waals surface area contributed by atoms with Gasteiger partial charge in [0.05, 0.1) is 16.7 Å². The molecule has 10 aromatic rings. The quantitative estimate of drug-likeness (QED) is 0.143. The molecule has 12 rings (SSSR count). The maximum Gasteiger partial charge on any atom is 0.164 e. The lowest BCUT2D eigenvalue weighted by Gasteiger charge is -2.21. The molecule has 1 atom stereocenters. The number of fused-ring (bicyclic) bond motifs is 10. The van der Waals surface area contributed by atoms with Crippen LogP contribution in [0.2, 0.25) is 0 Å². The molecule has 6 heteroatoms. The molecule has 7 aromatic carbocycles. The summed E-state index contributed by atoms with van der Waals surface area (Å²) in [5.74, 6) is 3.61. The predicted octanol–water partition coefficient (Wildman–Crippen LogP) is 14.9. The molecule has 0 N–H and O–H groups in total. The molecule has 0 amide bonds. The van der Waals surface area contributed by atoms with Gasteiger partial charge in [-0.15, -0.1) is 11.3 Å². The molecule has 298 valence electrons. The summed E-state index contributed by atoms with van der Waals surface area (Å²) in [6, 6.07) is 56.3. The van der Waals surface area contributed by atoms with Crippen LogP contribution in [0.5, 0.6) is 5.75 Å². The van der Waals surface area contributed by atoms with Gasteiger partial charge in [0.1, 0.15) is 11.5 Å². The highest BCUT2D eigenvalue weighted by Crippen LogP contribution is 2.49. The Kier molecular flexibility index (Phi) is 8.73. The normalized spacial score (nSPS) is 14.7. The van der Waals surface area contributed by atoms with Gasteiger partial charge < -0.3 is 9.30 Å². The van der Waals surface area contributed by atoms with E-state index in [-0.39, 0.29) is 5.92 Å². The standard InChI is InChI=1S/C57H38N4OS/c1-3-17-35(4-2)55-58-56(38-28-29-42-41-23-12-15-26-48(41)62-49(42)34-38)60-57(59-55)39-32-45(36-18-7-5-8-19-36)53(46(33-39)37-20-9-6-10-21-37)61-47-25-14-11-22-40(47)43-30-31-51-52(54(43)61)44-24-13-16-27-50(44)63-51/h3-28,30-34,42H,1-2,29H2/b35-17+. The summed E-state index contributed by atoms with van der Waals surface area (Å²) < 4.78 is 11.5. The van der Waals surface area contributed by atoms with Crippen molar-refractivity contribution in [3.05, 3.63) is 224 Å². The number of hydrogen-bond donors (Lipinski definition) is 0. The van der Waals surface area contributed by atoms with Crippen molar-refractivity contribution >= 4 is 64.5 Å². The van der Waals surface area contributed by atoms with Crippen LogP contribution in [-0.4, -0.2) is 19.5 Å². The van der Waals surface area contributed by atoms with Crippen molar-refractivity contribution in [3.63, 3.8) is 0 Å². The maximum absolute atomic E-state index is 6.41. The van der Waals surface area contributed by atoms with E-state index in [9.17, 15) is 0 Å². The lowest BCUT2D eigenvalue weighted by Crippen LogP contribution is -2.09. The number of thiophene rings is 1. The largest absolute Gasteiger partial charge is 0.461 e. The van der Waals surface area contributed by atoms with Crippen molar-refractivity contribution < 1.29 is 4.74 Å². The lowest BCUT2D eigenvalue weighted by atomic mass is 9.89. The summed E-state index contributed by atoms with van der Waals surface area (Å²) >= 11 is 1.85. The smallest absolute Gasteiger partial charge is 0.164 e. The van der Waals surface area contributed by atoms with Gasteiger partial charge in [-0.25, -0.2) is 15.0 Å². The molecule has 4 heterocycles. The molecule has 3 aromatic heterocycles. The molecule has 1 aliphatic heterocycles. The Hall–Kier alpha value is -7.93. The molecular formula is C57H38N4OS. The number of benzene rings is 7. The summed E-state index contributed by atoms with van der Waals surface area (Å²) in [6.45, 7) is 8.12. The second-order valence-electron chi connectivity index (χ2n) is 15.9. The third-order valence-electron chi connectivity index (χ3n) is 12.3. The predicted molar refractivity (Wildman–Crippen MR) is 262 cm³/mol. The van der Waals surface area contributed by atoms with E-state index >= 15 is 0 Å². The van der Waals surface area contributed by atoms with Crippen LogP contribution in [0.1, 0.15) is 29.6 Å². The van der Waals surface area contributed by atoms with Crippen molar-refractivity contribution in [2.75, 3.05) is 0 Å². The van der Waals surface area contributed by atoms with Crippen LogP contribution in [0, 0.1) is 0 Å². The van der Waals surface area contributed by atoms with Gasteiger partial charge >= 0.3 is 0 Å². The molecule has 63 heavy (non-hydrogen) atoms. The van der Waals surface area contributed by atoms with Crippen molar-refractivity contribution in [3.8, 4) is 45.1 Å². The number of ether oxygens (including phenoxy) is 1. The molecule has 0 saturated carbocycles. The molecule has 0 radical (unpaired) electrons. The first-order chi connectivity index (χ1) is 31.1. The van der Waals surface area contributed by atoms with Crippen molar-refractivity contribution in [2.45, 2.75) is 12.3 Å². The second kappa shape index (κ2) is 14.9. The van der Waals surface area contributed by atoms with Crippen molar-refractivity contribution in [1.82, 2.24) is 19.5 Å². The summed E-state index contributed by atoms with van der Waals surface area (Å²) in [4.78, 5) is 15.6. The summed E-state index contributed by atoms with van der Waals surface area (Å²) in [5.41, 5.74) is 11.4. The number of rotatable bonds is 8. The van der Waals surface area contributed by atoms with Gasteiger partial charge in [-0.05, 0) is 60.0 Å². The highest BCUT2D eigenvalue weighted by Gasteiger charge is 2.32. The van der Waals surface area contributed by atoms with E-state index in [1.54, 1.807) is 12.2 Å². The fraction of sp³-hybridized carbons (Fsp3) is 0.0351. The van der Waals surface area contributed by atoms with Crippen LogP contribution in [-0.2, 0) is 0 Å². The Bertz CT molecular complexity index is 3550. The first-order valence-electron chi connectivity index (χ1n) is 21.2. The van der Waals surface area contributed by atoms with Crippen LogP contribution in [0.15, 0.2) is 207 Å². The zero-order valence-corrected chi connectivity index (χ0v) is 35.0. The van der Waals surface area contributed by atoms with Gasteiger partial charge in [-0.1, -0.05) is 159 Å². The highest BCUT2D eigenvalue weighted by atomic mass is 32.1. The average Bonchev–Trinajstić information content (AvgIpc) is 4.02. The van der Waals surface area contributed by atoms with Gasteiger partial charge in [0.25, 0.3) is 0 Å². The molecule has 1 unspecified atom stereocenters. The molecule has 0 spiro atoms. The molecule has 5 nitrogen and oxygen atoms in total. The summed E-state index contributed by atoms with van der Waals surface area (Å²) in [6.07, 6.45) is 10.5. The van der Waals surface area contributed by atoms with Gasteiger partial charge in [-0.3, -0.25) is 0 Å². The Balaban J connectivity index is 1.16. The zero-order chi connectivity index (χ0) is 42.0. The number of para-hydroxylation sites is 2. The van der Waals surface area contributed by atoms with Gasteiger partial charge in [0, 0.05) is 70.3 Å². The van der Waals surface area contributed by atoms with E-state index in [1.165, 1.54) is 42.0 Å². The third-order valence-corrected chi connectivity index (χ3v) is 13.5. The maximum atomic E-state index is 6.41. The minimum absolute atomic E-state index is 0.165. The zero-order valence-electron chi connectivity index (χ0n) is 34.2. The number of hydrogen-bond acceptors (Lipinski definition) is 5. The van der Waals surface area contributed by atoms with Crippen molar-refractivity contribution in [1.29, 1.82) is 0 Å². The number of allylic oxidation sites excluding steroid dienone is 8. The lowest BCUT2D eigenvalue weighted by molar-refractivity contribution is 0.426. The molecule has 2 aliphatic rings. The summed E-state index contributed by atoms with van der Waals surface area (Å²) in [5, 5.41) is 4.94. The van der Waals surface area contributed by atoms with E-state index in [2.05, 4.69) is 175 Å².